The molecule has 0 aliphatic carbocycles. The van der Waals surface area contributed by atoms with Crippen LogP contribution in [0.2, 0.25) is 0 Å². The van der Waals surface area contributed by atoms with Gasteiger partial charge in [0.05, 0.1) is 4.90 Å². The minimum atomic E-state index is -4.34. The van der Waals surface area contributed by atoms with Crippen LogP contribution in [0.15, 0.2) is 81.3 Å². The van der Waals surface area contributed by atoms with Crippen molar-refractivity contribution in [2.75, 3.05) is 6.26 Å². The third-order valence-corrected chi connectivity index (χ3v) is 8.24. The summed E-state index contributed by atoms with van der Waals surface area (Å²) in [4.78, 5) is 21.6. The first kappa shape index (κ1) is 25.7. The summed E-state index contributed by atoms with van der Waals surface area (Å²) in [5.41, 5.74) is 0.999. The van der Waals surface area contributed by atoms with Crippen molar-refractivity contribution in [3.05, 3.63) is 88.3 Å². The number of amides is 1. The van der Waals surface area contributed by atoms with E-state index in [4.69, 9.17) is 4.18 Å². The average molecular weight is 590 g/mol. The van der Waals surface area contributed by atoms with E-state index in [9.17, 15) is 21.6 Å². The number of benzene rings is 2. The predicted molar refractivity (Wildman–Crippen MR) is 137 cm³/mol. The van der Waals surface area contributed by atoms with E-state index in [2.05, 4.69) is 31.2 Å². The van der Waals surface area contributed by atoms with E-state index < -0.39 is 25.9 Å². The van der Waals surface area contributed by atoms with Gasteiger partial charge in [-0.1, -0.05) is 35.9 Å². The Balaban J connectivity index is 1.76. The molecule has 0 aliphatic rings. The molecule has 0 spiro atoms. The Kier molecular flexibility index (Phi) is 7.12. The first-order valence-electron chi connectivity index (χ1n) is 10.5. The second-order valence-electron chi connectivity index (χ2n) is 7.89. The van der Waals surface area contributed by atoms with Gasteiger partial charge in [0.2, 0.25) is 5.75 Å². The molecule has 0 fully saturated rings. The molecule has 0 saturated heterocycles. The van der Waals surface area contributed by atoms with Crippen molar-refractivity contribution >= 4 is 52.7 Å². The van der Waals surface area contributed by atoms with Gasteiger partial charge in [0.1, 0.15) is 15.0 Å². The normalized spacial score (nSPS) is 11.9. The molecule has 2 heterocycles. The van der Waals surface area contributed by atoms with Gasteiger partial charge >= 0.3 is 10.1 Å². The third-order valence-electron chi connectivity index (χ3n) is 5.20. The zero-order valence-corrected chi connectivity index (χ0v) is 22.3. The van der Waals surface area contributed by atoms with Crippen molar-refractivity contribution in [3.8, 4) is 5.75 Å². The van der Waals surface area contributed by atoms with Crippen LogP contribution in [-0.4, -0.2) is 39.0 Å². The molecule has 12 heteroatoms. The summed E-state index contributed by atoms with van der Waals surface area (Å²) in [5, 5.41) is 3.04. The fourth-order valence-electron chi connectivity index (χ4n) is 3.44. The largest absolute Gasteiger partial charge is 0.374 e. The van der Waals surface area contributed by atoms with Gasteiger partial charge in [-0.15, -0.1) is 0 Å². The molecule has 0 bridgehead atoms. The fraction of sp³-hybridized carbons (Fsp3) is 0.125. The first-order valence-corrected chi connectivity index (χ1v) is 14.6. The van der Waals surface area contributed by atoms with E-state index in [1.807, 2.05) is 6.92 Å². The maximum atomic E-state index is 13.2. The lowest BCUT2D eigenvalue weighted by molar-refractivity contribution is 0.0944. The Morgan fingerprint density at radius 2 is 1.69 bits per heavy atom. The SMILES string of the molecule is Cc1ccc(S(=O)(=O)Oc2c(C(=O)NCc3ccccc3S(C)(=O)=O)nc(Br)c3cccnc23)cc1. The van der Waals surface area contributed by atoms with Crippen LogP contribution in [0.1, 0.15) is 21.6 Å². The molecular formula is C24H20BrN3O6S2. The van der Waals surface area contributed by atoms with Gasteiger partial charge in [-0.05, 0) is 58.7 Å². The molecule has 0 atom stereocenters. The number of halogens is 1. The van der Waals surface area contributed by atoms with Crippen LogP contribution in [0.4, 0.5) is 0 Å². The van der Waals surface area contributed by atoms with Gasteiger partial charge < -0.3 is 9.50 Å². The standard InChI is InChI=1S/C24H20BrN3O6S2/c1-15-9-11-17(12-10-15)36(32,33)34-22-20-18(7-5-13-26-20)23(25)28-21(22)24(29)27-14-16-6-3-4-8-19(16)35(2,30)31/h3-13H,14H2,1-2H3,(H,27,29). The lowest BCUT2D eigenvalue weighted by Crippen LogP contribution is -2.26. The van der Waals surface area contributed by atoms with Crippen molar-refractivity contribution in [2.45, 2.75) is 23.3 Å². The molecule has 36 heavy (non-hydrogen) atoms. The number of pyridine rings is 2. The van der Waals surface area contributed by atoms with E-state index in [1.54, 1.807) is 42.5 Å². The third kappa shape index (κ3) is 5.40. The molecule has 0 aliphatic heterocycles. The summed E-state index contributed by atoms with van der Waals surface area (Å²) in [5.74, 6) is -1.12. The number of rotatable bonds is 7. The summed E-state index contributed by atoms with van der Waals surface area (Å²) in [6, 6.07) is 15.6. The van der Waals surface area contributed by atoms with Crippen LogP contribution in [0.3, 0.4) is 0 Å². The maximum Gasteiger partial charge on any atom is 0.339 e. The van der Waals surface area contributed by atoms with Crippen molar-refractivity contribution in [3.63, 3.8) is 0 Å². The highest BCUT2D eigenvalue weighted by atomic mass is 79.9. The summed E-state index contributed by atoms with van der Waals surface area (Å²) in [6.45, 7) is 1.67. The monoisotopic (exact) mass is 589 g/mol. The quantitative estimate of drug-likeness (QED) is 0.254. The molecular weight excluding hydrogens is 570 g/mol. The number of nitrogens with zero attached hydrogens (tertiary/aromatic N) is 2. The van der Waals surface area contributed by atoms with Gasteiger partial charge in [0.25, 0.3) is 5.91 Å². The Hall–Kier alpha value is -3.35. The molecule has 1 N–H and O–H groups in total. The molecule has 2 aromatic carbocycles. The molecule has 1 amide bonds. The molecule has 4 rings (SSSR count). The van der Waals surface area contributed by atoms with Gasteiger partial charge in [-0.2, -0.15) is 8.42 Å². The number of carbonyl (C=O) groups is 1. The van der Waals surface area contributed by atoms with Crippen molar-refractivity contribution < 1.29 is 25.8 Å². The number of carbonyl (C=O) groups excluding carboxylic acids is 1. The number of hydrogen-bond donors (Lipinski definition) is 1. The van der Waals surface area contributed by atoms with Crippen molar-refractivity contribution in [1.29, 1.82) is 0 Å². The van der Waals surface area contributed by atoms with Crippen LogP contribution in [-0.2, 0) is 26.5 Å². The van der Waals surface area contributed by atoms with Gasteiger partial charge in [0, 0.05) is 24.4 Å². The summed E-state index contributed by atoms with van der Waals surface area (Å²) < 4.78 is 56.0. The Morgan fingerprint density at radius 3 is 2.39 bits per heavy atom. The second-order valence-corrected chi connectivity index (χ2v) is 12.2. The minimum absolute atomic E-state index is 0.0676. The van der Waals surface area contributed by atoms with Gasteiger partial charge in [-0.3, -0.25) is 9.78 Å². The predicted octanol–water partition coefficient (Wildman–Crippen LogP) is 3.80. The number of hydrogen-bond acceptors (Lipinski definition) is 8. The van der Waals surface area contributed by atoms with Crippen LogP contribution in [0.5, 0.6) is 5.75 Å². The molecule has 4 aromatic rings. The number of aromatic nitrogens is 2. The van der Waals surface area contributed by atoms with Crippen LogP contribution in [0, 0.1) is 6.92 Å². The zero-order chi connectivity index (χ0) is 26.1. The summed E-state index contributed by atoms with van der Waals surface area (Å²) in [7, 11) is -7.87. The Bertz CT molecular complexity index is 1690. The number of fused-ring (bicyclic) bond motifs is 1. The molecule has 186 valence electrons. The number of nitrogens with one attached hydrogen (secondary N) is 1. The van der Waals surface area contributed by atoms with Gasteiger partial charge in [0.15, 0.2) is 15.5 Å². The van der Waals surface area contributed by atoms with Crippen molar-refractivity contribution in [2.24, 2.45) is 0 Å². The van der Waals surface area contributed by atoms with E-state index in [0.29, 0.717) is 10.9 Å². The molecule has 0 unspecified atom stereocenters. The van der Waals surface area contributed by atoms with Gasteiger partial charge in [-0.25, -0.2) is 13.4 Å². The van der Waals surface area contributed by atoms with Crippen molar-refractivity contribution in [1.82, 2.24) is 15.3 Å². The zero-order valence-electron chi connectivity index (χ0n) is 19.1. The van der Waals surface area contributed by atoms with E-state index in [1.165, 1.54) is 24.4 Å². The summed E-state index contributed by atoms with van der Waals surface area (Å²) >= 11 is 3.30. The van der Waals surface area contributed by atoms with Crippen LogP contribution >= 0.6 is 15.9 Å². The molecule has 0 saturated carbocycles. The molecule has 2 aromatic heterocycles. The highest BCUT2D eigenvalue weighted by Gasteiger charge is 2.27. The van der Waals surface area contributed by atoms with E-state index in [0.717, 1.165) is 11.8 Å². The van der Waals surface area contributed by atoms with Crippen LogP contribution in [0.25, 0.3) is 10.9 Å². The van der Waals surface area contributed by atoms with E-state index in [-0.39, 0.29) is 37.9 Å². The molecule has 0 radical (unpaired) electrons. The Labute approximate surface area is 216 Å². The topological polar surface area (TPSA) is 132 Å². The Morgan fingerprint density at radius 1 is 1.00 bits per heavy atom. The average Bonchev–Trinajstić information content (AvgIpc) is 2.84. The smallest absolute Gasteiger partial charge is 0.339 e. The van der Waals surface area contributed by atoms with E-state index >= 15 is 0 Å². The maximum absolute atomic E-state index is 13.2. The van der Waals surface area contributed by atoms with Crippen LogP contribution < -0.4 is 9.50 Å². The highest BCUT2D eigenvalue weighted by molar-refractivity contribution is 9.10. The number of aryl methyl sites for hydroxylation is 1. The first-order chi connectivity index (χ1) is 17.0. The lowest BCUT2D eigenvalue weighted by Gasteiger charge is -2.15. The lowest BCUT2D eigenvalue weighted by atomic mass is 10.2. The fourth-order valence-corrected chi connectivity index (χ4v) is 5.82. The summed E-state index contributed by atoms with van der Waals surface area (Å²) in [6.07, 6.45) is 2.51. The number of sulfone groups is 1. The molecule has 9 nitrogen and oxygen atoms in total. The highest BCUT2D eigenvalue weighted by Crippen LogP contribution is 2.33. The second kappa shape index (κ2) is 9.96. The minimum Gasteiger partial charge on any atom is -0.374 e.